The van der Waals surface area contributed by atoms with E-state index in [1.807, 2.05) is 13.0 Å². The minimum absolute atomic E-state index is 0.0245. The van der Waals surface area contributed by atoms with Crippen LogP contribution in [0.3, 0.4) is 0 Å². The van der Waals surface area contributed by atoms with Crippen molar-refractivity contribution in [2.24, 2.45) is 7.05 Å². The molecule has 1 heterocycles. The van der Waals surface area contributed by atoms with Crippen LogP contribution in [0.2, 0.25) is 0 Å². The van der Waals surface area contributed by atoms with Gasteiger partial charge < -0.3 is 0 Å². The Morgan fingerprint density at radius 2 is 2.00 bits per heavy atom. The number of aromatic amines is 1. The first-order valence-electron chi connectivity index (χ1n) is 6.46. The summed E-state index contributed by atoms with van der Waals surface area (Å²) in [6, 6.07) is 8.96. The number of nitrogens with one attached hydrogen (secondary N) is 1. The molecule has 0 spiro atoms. The van der Waals surface area contributed by atoms with Crippen LogP contribution in [0.1, 0.15) is 23.7 Å². The van der Waals surface area contributed by atoms with Gasteiger partial charge >= 0.3 is 11.1 Å². The first-order chi connectivity index (χ1) is 10.0. The number of ketones is 1. The first-order valence-corrected chi connectivity index (χ1v) is 7.34. The zero-order chi connectivity index (χ0) is 15.4. The van der Waals surface area contributed by atoms with Crippen molar-refractivity contribution < 1.29 is 4.79 Å². The molecule has 6 nitrogen and oxygen atoms in total. The van der Waals surface area contributed by atoms with E-state index in [4.69, 9.17) is 0 Å². The van der Waals surface area contributed by atoms with Crippen molar-refractivity contribution in [3.05, 3.63) is 56.6 Å². The number of nitrogens with zero attached hydrogens (tertiary/aromatic N) is 2. The summed E-state index contributed by atoms with van der Waals surface area (Å²) >= 11 is 1.17. The number of aryl methyl sites for hydroxylation is 1. The van der Waals surface area contributed by atoms with Gasteiger partial charge in [0.2, 0.25) is 0 Å². The molecule has 1 unspecified atom stereocenters. The number of Topliss-reactive ketones (excluding diaryl/α,β-unsaturated/α-hetero) is 1. The average molecular weight is 305 g/mol. The average Bonchev–Trinajstić information content (AvgIpc) is 2.50. The van der Waals surface area contributed by atoms with Gasteiger partial charge in [-0.15, -0.1) is 0 Å². The molecule has 0 aliphatic carbocycles. The van der Waals surface area contributed by atoms with Crippen LogP contribution in [-0.4, -0.2) is 25.8 Å². The second-order valence-corrected chi connectivity index (χ2v) is 5.61. The summed E-state index contributed by atoms with van der Waals surface area (Å²) in [6.07, 6.45) is 0.591. The second kappa shape index (κ2) is 6.53. The van der Waals surface area contributed by atoms with E-state index in [0.29, 0.717) is 17.1 Å². The molecule has 0 aliphatic rings. The van der Waals surface area contributed by atoms with Crippen LogP contribution in [0.5, 0.6) is 0 Å². The molecule has 110 valence electrons. The van der Waals surface area contributed by atoms with Crippen molar-refractivity contribution in [1.82, 2.24) is 14.8 Å². The van der Waals surface area contributed by atoms with Crippen LogP contribution < -0.4 is 11.1 Å². The monoisotopic (exact) mass is 305 g/mol. The van der Waals surface area contributed by atoms with E-state index in [1.165, 1.54) is 16.4 Å². The van der Waals surface area contributed by atoms with Gasteiger partial charge in [-0.2, -0.15) is 4.98 Å². The van der Waals surface area contributed by atoms with E-state index in [9.17, 15) is 14.4 Å². The number of carbonyl (C=O) groups is 1. The minimum atomic E-state index is -0.849. The molecule has 0 fully saturated rings. The molecule has 0 bridgehead atoms. The van der Waals surface area contributed by atoms with Crippen molar-refractivity contribution in [3.63, 3.8) is 0 Å². The van der Waals surface area contributed by atoms with E-state index in [-0.39, 0.29) is 11.0 Å². The molecule has 0 saturated heterocycles. The fourth-order valence-corrected chi connectivity index (χ4v) is 2.81. The molecule has 1 aromatic heterocycles. The molecule has 0 saturated carbocycles. The van der Waals surface area contributed by atoms with Gasteiger partial charge in [0.15, 0.2) is 10.9 Å². The lowest BCUT2D eigenvalue weighted by Crippen LogP contribution is -2.34. The highest BCUT2D eigenvalue weighted by molar-refractivity contribution is 8.00. The molecule has 0 amide bonds. The largest absolute Gasteiger partial charge is 0.339 e. The van der Waals surface area contributed by atoms with E-state index in [2.05, 4.69) is 10.1 Å². The van der Waals surface area contributed by atoms with Crippen LogP contribution >= 0.6 is 11.8 Å². The molecule has 2 rings (SSSR count). The van der Waals surface area contributed by atoms with Crippen molar-refractivity contribution >= 4 is 17.5 Å². The molecule has 0 radical (unpaired) electrons. The van der Waals surface area contributed by atoms with E-state index >= 15 is 0 Å². The Bertz CT molecular complexity index is 752. The van der Waals surface area contributed by atoms with Gasteiger partial charge in [-0.25, -0.2) is 0 Å². The van der Waals surface area contributed by atoms with Crippen molar-refractivity contribution in [2.45, 2.75) is 23.8 Å². The van der Waals surface area contributed by atoms with Gasteiger partial charge in [0.25, 0.3) is 0 Å². The minimum Gasteiger partial charge on any atom is -0.293 e. The highest BCUT2D eigenvalue weighted by Crippen LogP contribution is 2.24. The molecule has 7 heteroatoms. The number of thioether (sulfide) groups is 1. The highest BCUT2D eigenvalue weighted by atomic mass is 32.2. The summed E-state index contributed by atoms with van der Waals surface area (Å²) in [5.74, 6) is -0.0245. The van der Waals surface area contributed by atoms with Crippen molar-refractivity contribution in [2.75, 3.05) is 0 Å². The van der Waals surface area contributed by atoms with Crippen molar-refractivity contribution in [3.8, 4) is 0 Å². The maximum Gasteiger partial charge on any atom is 0.339 e. The maximum atomic E-state index is 12.4. The van der Waals surface area contributed by atoms with Gasteiger partial charge in [0.1, 0.15) is 0 Å². The zero-order valence-electron chi connectivity index (χ0n) is 11.7. The molecular formula is C14H15N3O3S. The van der Waals surface area contributed by atoms with Crippen LogP contribution in [0.15, 0.2) is 45.1 Å². The number of H-pyrrole nitrogens is 1. The summed E-state index contributed by atoms with van der Waals surface area (Å²) in [5, 5.41) is 2.32. The smallest absolute Gasteiger partial charge is 0.293 e. The first kappa shape index (κ1) is 15.2. The predicted molar refractivity (Wildman–Crippen MR) is 80.8 cm³/mol. The van der Waals surface area contributed by atoms with E-state index in [1.54, 1.807) is 31.3 Å². The third-order valence-electron chi connectivity index (χ3n) is 2.92. The quantitative estimate of drug-likeness (QED) is 0.510. The van der Waals surface area contributed by atoms with Crippen LogP contribution in [0.4, 0.5) is 0 Å². The third-order valence-corrected chi connectivity index (χ3v) is 4.32. The Hall–Kier alpha value is -2.15. The van der Waals surface area contributed by atoms with Gasteiger partial charge in [-0.1, -0.05) is 49.0 Å². The van der Waals surface area contributed by atoms with E-state index in [0.717, 1.165) is 0 Å². The topological polar surface area (TPSA) is 84.8 Å². The van der Waals surface area contributed by atoms with Crippen molar-refractivity contribution in [1.29, 1.82) is 0 Å². The van der Waals surface area contributed by atoms with Gasteiger partial charge in [0.05, 0.1) is 5.25 Å². The summed E-state index contributed by atoms with van der Waals surface area (Å²) in [7, 11) is 1.58. The normalized spacial score (nSPS) is 12.1. The summed E-state index contributed by atoms with van der Waals surface area (Å²) < 4.78 is 1.36. The zero-order valence-corrected chi connectivity index (χ0v) is 12.5. The summed E-state index contributed by atoms with van der Waals surface area (Å²) in [4.78, 5) is 38.7. The maximum absolute atomic E-state index is 12.4. The Morgan fingerprint density at radius 1 is 1.33 bits per heavy atom. The Kier molecular flexibility index (Phi) is 4.74. The van der Waals surface area contributed by atoms with Crippen LogP contribution in [0, 0.1) is 0 Å². The standard InChI is InChI=1S/C14H15N3O3S/c1-3-10(11(18)9-7-5-4-6-8-9)21-14-15-12(19)13(20)16-17(14)2/h4-8,10H,3H2,1-2H3,(H,16,20). The SMILES string of the molecule is CCC(Sc1nc(=O)c(=O)[nH]n1C)C(=O)c1ccccc1. The third kappa shape index (κ3) is 3.49. The van der Waals surface area contributed by atoms with Crippen LogP contribution in [-0.2, 0) is 7.05 Å². The van der Waals surface area contributed by atoms with E-state index < -0.39 is 11.1 Å². The van der Waals surface area contributed by atoms with Gasteiger partial charge in [0, 0.05) is 12.6 Å². The number of carbonyl (C=O) groups excluding carboxylic acids is 1. The molecule has 21 heavy (non-hydrogen) atoms. The number of hydrogen-bond acceptors (Lipinski definition) is 5. The van der Waals surface area contributed by atoms with Crippen LogP contribution in [0.25, 0.3) is 0 Å². The summed E-state index contributed by atoms with van der Waals surface area (Å²) in [5.41, 5.74) is -1.01. The lowest BCUT2D eigenvalue weighted by molar-refractivity contribution is 0.0988. The Labute approximate surface area is 125 Å². The number of rotatable bonds is 5. The molecule has 0 aliphatic heterocycles. The molecule has 1 aromatic carbocycles. The highest BCUT2D eigenvalue weighted by Gasteiger charge is 2.21. The number of benzene rings is 1. The van der Waals surface area contributed by atoms with Gasteiger partial charge in [-0.3, -0.25) is 24.2 Å². The predicted octanol–water partition coefficient (Wildman–Crippen LogP) is 1.22. The second-order valence-electron chi connectivity index (χ2n) is 4.44. The lowest BCUT2D eigenvalue weighted by atomic mass is 10.1. The fraction of sp³-hybridized carbons (Fsp3) is 0.286. The summed E-state index contributed by atoms with van der Waals surface area (Å²) in [6.45, 7) is 1.89. The molecule has 1 N–H and O–H groups in total. The number of aromatic nitrogens is 3. The molecule has 2 aromatic rings. The van der Waals surface area contributed by atoms with Gasteiger partial charge in [-0.05, 0) is 6.42 Å². The molecular weight excluding hydrogens is 290 g/mol. The Morgan fingerprint density at radius 3 is 2.62 bits per heavy atom. The Balaban J connectivity index is 2.28. The molecule has 1 atom stereocenters. The fourth-order valence-electron chi connectivity index (χ4n) is 1.80. The lowest BCUT2D eigenvalue weighted by Gasteiger charge is -2.14. The number of hydrogen-bond donors (Lipinski definition) is 1.